The normalized spacial score (nSPS) is 10.7. The van der Waals surface area contributed by atoms with Gasteiger partial charge in [-0.1, -0.05) is 38.3 Å². The number of nitrogens with zero attached hydrogens (tertiary/aromatic N) is 1. The molecule has 1 aromatic heterocycles. The van der Waals surface area contributed by atoms with Crippen LogP contribution in [0, 0.1) is 0 Å². The molecule has 0 unspecified atom stereocenters. The molecular weight excluding hydrogens is 408 g/mol. The van der Waals surface area contributed by atoms with Gasteiger partial charge in [0.2, 0.25) is 5.91 Å². The van der Waals surface area contributed by atoms with Crippen LogP contribution in [0.5, 0.6) is 5.75 Å². The Bertz CT molecular complexity index is 1110. The molecule has 2 amide bonds. The maximum absolute atomic E-state index is 12.2. The number of ether oxygens (including phenoxy) is 1. The van der Waals surface area contributed by atoms with Gasteiger partial charge in [0.05, 0.1) is 17.5 Å². The van der Waals surface area contributed by atoms with E-state index in [0.29, 0.717) is 34.6 Å². The third kappa shape index (κ3) is 6.66. The van der Waals surface area contributed by atoms with E-state index in [1.807, 2.05) is 0 Å². The van der Waals surface area contributed by atoms with Crippen LogP contribution in [0.25, 0.3) is 10.9 Å². The van der Waals surface area contributed by atoms with Crippen LogP contribution in [0.3, 0.4) is 0 Å². The lowest BCUT2D eigenvalue weighted by Gasteiger charge is -2.09. The fourth-order valence-electron chi connectivity index (χ4n) is 3.17. The highest BCUT2D eigenvalue weighted by Crippen LogP contribution is 2.13. The first-order valence-corrected chi connectivity index (χ1v) is 10.9. The molecule has 2 aromatic carbocycles. The molecule has 0 aliphatic heterocycles. The van der Waals surface area contributed by atoms with Crippen LogP contribution in [0.4, 0.5) is 0 Å². The predicted molar refractivity (Wildman–Crippen MR) is 122 cm³/mol. The Balaban J connectivity index is 1.42. The van der Waals surface area contributed by atoms with Gasteiger partial charge in [-0.2, -0.15) is 0 Å². The van der Waals surface area contributed by atoms with Gasteiger partial charge in [0.1, 0.15) is 11.6 Å². The number of aromatic amines is 1. The molecule has 0 fully saturated rings. The third-order valence-electron chi connectivity index (χ3n) is 4.95. The van der Waals surface area contributed by atoms with Crippen LogP contribution >= 0.6 is 0 Å². The second kappa shape index (κ2) is 11.6. The first-order chi connectivity index (χ1) is 15.6. The molecule has 0 radical (unpaired) electrons. The number of fused-ring (bicyclic) bond motifs is 1. The van der Waals surface area contributed by atoms with Crippen LogP contribution in [0.2, 0.25) is 0 Å². The summed E-state index contributed by atoms with van der Waals surface area (Å²) in [6.45, 7) is 2.82. The number of nitrogens with one attached hydrogen (secondary N) is 3. The summed E-state index contributed by atoms with van der Waals surface area (Å²) < 4.78 is 5.66. The molecule has 8 heteroatoms. The van der Waals surface area contributed by atoms with Crippen molar-refractivity contribution in [2.24, 2.45) is 0 Å². The number of rotatable bonds is 10. The Morgan fingerprint density at radius 2 is 1.78 bits per heavy atom. The highest BCUT2D eigenvalue weighted by molar-refractivity contribution is 5.95. The molecule has 0 saturated carbocycles. The predicted octanol–water partition coefficient (Wildman–Crippen LogP) is 3.28. The maximum atomic E-state index is 12.2. The number of benzene rings is 2. The third-order valence-corrected chi connectivity index (χ3v) is 4.95. The van der Waals surface area contributed by atoms with E-state index in [1.165, 1.54) is 12.8 Å². The van der Waals surface area contributed by atoms with Crippen molar-refractivity contribution >= 4 is 22.7 Å². The molecule has 3 N–H and O–H groups in total. The van der Waals surface area contributed by atoms with Crippen molar-refractivity contribution in [3.63, 3.8) is 0 Å². The number of para-hydroxylation sites is 1. The Labute approximate surface area is 186 Å². The number of carbonyl (C=O) groups is 2. The van der Waals surface area contributed by atoms with Crippen molar-refractivity contribution in [3.05, 3.63) is 70.3 Å². The molecule has 32 heavy (non-hydrogen) atoms. The zero-order chi connectivity index (χ0) is 22.8. The van der Waals surface area contributed by atoms with Gasteiger partial charge < -0.3 is 9.72 Å². The number of aromatic nitrogens is 2. The van der Waals surface area contributed by atoms with Gasteiger partial charge in [0.25, 0.3) is 11.5 Å². The first-order valence-electron chi connectivity index (χ1n) is 10.9. The summed E-state index contributed by atoms with van der Waals surface area (Å²) in [7, 11) is 0. The van der Waals surface area contributed by atoms with Gasteiger partial charge in [-0.15, -0.1) is 0 Å². The molecule has 0 saturated heterocycles. The van der Waals surface area contributed by atoms with Gasteiger partial charge in [0, 0.05) is 18.4 Å². The highest BCUT2D eigenvalue weighted by atomic mass is 16.5. The van der Waals surface area contributed by atoms with E-state index < -0.39 is 5.91 Å². The molecule has 3 aromatic rings. The van der Waals surface area contributed by atoms with E-state index in [-0.39, 0.29) is 24.3 Å². The van der Waals surface area contributed by atoms with Gasteiger partial charge >= 0.3 is 0 Å². The zero-order valence-electron chi connectivity index (χ0n) is 18.1. The molecule has 8 nitrogen and oxygen atoms in total. The molecule has 0 spiro atoms. The van der Waals surface area contributed by atoms with E-state index >= 15 is 0 Å². The summed E-state index contributed by atoms with van der Waals surface area (Å²) in [5.41, 5.74) is 5.51. The summed E-state index contributed by atoms with van der Waals surface area (Å²) in [5, 5.41) is 0.501. The highest BCUT2D eigenvalue weighted by Gasteiger charge is 2.10. The van der Waals surface area contributed by atoms with E-state index in [1.54, 1.807) is 48.5 Å². The summed E-state index contributed by atoms with van der Waals surface area (Å²) in [5.74, 6) is 0.311. The zero-order valence-corrected chi connectivity index (χ0v) is 18.1. The molecule has 0 aliphatic rings. The van der Waals surface area contributed by atoms with E-state index in [4.69, 9.17) is 4.74 Å². The molecule has 3 rings (SSSR count). The lowest BCUT2D eigenvalue weighted by Crippen LogP contribution is -2.41. The standard InChI is InChI=1S/C24H28N4O4/c1-2-3-4-7-16-32-18-12-10-17(11-13-18)23(30)28-27-22(29)15-14-21-25-20-9-6-5-8-19(20)24(31)26-21/h5-6,8-13H,2-4,7,14-16H2,1H3,(H,27,29)(H,28,30)(H,25,26,31). The van der Waals surface area contributed by atoms with E-state index in [2.05, 4.69) is 27.7 Å². The van der Waals surface area contributed by atoms with Crippen molar-refractivity contribution in [2.45, 2.75) is 45.4 Å². The molecule has 0 aliphatic carbocycles. The lowest BCUT2D eigenvalue weighted by atomic mass is 10.2. The number of hydrogen-bond donors (Lipinski definition) is 3. The quantitative estimate of drug-likeness (QED) is 0.333. The summed E-state index contributed by atoms with van der Waals surface area (Å²) in [6, 6.07) is 13.8. The maximum Gasteiger partial charge on any atom is 0.269 e. The average molecular weight is 437 g/mol. The van der Waals surface area contributed by atoms with Gasteiger partial charge in [-0.25, -0.2) is 4.98 Å². The molecule has 0 bridgehead atoms. The number of carbonyl (C=O) groups excluding carboxylic acids is 2. The van der Waals surface area contributed by atoms with Crippen LogP contribution in [0.15, 0.2) is 53.3 Å². The minimum absolute atomic E-state index is 0.0619. The average Bonchev–Trinajstić information content (AvgIpc) is 2.81. The minimum Gasteiger partial charge on any atom is -0.494 e. The van der Waals surface area contributed by atoms with Crippen molar-refractivity contribution in [2.75, 3.05) is 6.61 Å². The number of aryl methyl sites for hydroxylation is 1. The van der Waals surface area contributed by atoms with Crippen molar-refractivity contribution in [1.82, 2.24) is 20.8 Å². The first kappa shape index (κ1) is 23.0. The van der Waals surface area contributed by atoms with Gasteiger partial charge in [-0.3, -0.25) is 25.2 Å². The van der Waals surface area contributed by atoms with Crippen molar-refractivity contribution in [1.29, 1.82) is 0 Å². The van der Waals surface area contributed by atoms with E-state index in [9.17, 15) is 14.4 Å². The molecule has 168 valence electrons. The van der Waals surface area contributed by atoms with Gasteiger partial charge in [0.15, 0.2) is 0 Å². The topological polar surface area (TPSA) is 113 Å². The second-order valence-corrected chi connectivity index (χ2v) is 7.47. The lowest BCUT2D eigenvalue weighted by molar-refractivity contribution is -0.121. The second-order valence-electron chi connectivity index (χ2n) is 7.47. The summed E-state index contributed by atoms with van der Waals surface area (Å²) in [4.78, 5) is 43.4. The fourth-order valence-corrected chi connectivity index (χ4v) is 3.17. The number of H-pyrrole nitrogens is 1. The van der Waals surface area contributed by atoms with Crippen LogP contribution < -0.4 is 21.1 Å². The smallest absolute Gasteiger partial charge is 0.269 e. The largest absolute Gasteiger partial charge is 0.494 e. The van der Waals surface area contributed by atoms with Crippen molar-refractivity contribution < 1.29 is 14.3 Å². The molecule has 0 atom stereocenters. The van der Waals surface area contributed by atoms with Crippen molar-refractivity contribution in [3.8, 4) is 5.75 Å². The van der Waals surface area contributed by atoms with Gasteiger partial charge in [-0.05, 0) is 42.8 Å². The minimum atomic E-state index is -0.426. The Morgan fingerprint density at radius 3 is 2.56 bits per heavy atom. The van der Waals surface area contributed by atoms with Crippen LogP contribution in [-0.2, 0) is 11.2 Å². The number of unbranched alkanes of at least 4 members (excludes halogenated alkanes) is 3. The van der Waals surface area contributed by atoms with Crippen LogP contribution in [-0.4, -0.2) is 28.4 Å². The van der Waals surface area contributed by atoms with Crippen LogP contribution in [0.1, 0.15) is 55.2 Å². The van der Waals surface area contributed by atoms with E-state index in [0.717, 1.165) is 12.8 Å². The SMILES string of the molecule is CCCCCCOc1ccc(C(=O)NNC(=O)CCc2nc3ccccc3c(=O)[nH]2)cc1. The Morgan fingerprint density at radius 1 is 1.00 bits per heavy atom. The number of hydrogen-bond acceptors (Lipinski definition) is 5. The Hall–Kier alpha value is -3.68. The number of hydrazine groups is 1. The monoisotopic (exact) mass is 436 g/mol. The number of amides is 2. The molecule has 1 heterocycles. The Kier molecular flexibility index (Phi) is 8.36. The summed E-state index contributed by atoms with van der Waals surface area (Å²) >= 11 is 0. The molecular formula is C24H28N4O4. The summed E-state index contributed by atoms with van der Waals surface area (Å²) in [6.07, 6.45) is 4.83. The fraction of sp³-hybridized carbons (Fsp3) is 0.333.